The molecule has 0 unspecified atom stereocenters. The van der Waals surface area contributed by atoms with E-state index in [0.29, 0.717) is 26.1 Å². The van der Waals surface area contributed by atoms with Crippen molar-refractivity contribution in [2.24, 2.45) is 5.16 Å². The van der Waals surface area contributed by atoms with E-state index < -0.39 is 5.60 Å². The summed E-state index contributed by atoms with van der Waals surface area (Å²) in [4.78, 5) is 1.80. The molecule has 0 saturated carbocycles. The van der Waals surface area contributed by atoms with Crippen LogP contribution in [0.4, 0.5) is 4.39 Å². The van der Waals surface area contributed by atoms with E-state index >= 15 is 0 Å². The number of benzene rings is 2. The van der Waals surface area contributed by atoms with Crippen molar-refractivity contribution >= 4 is 18.0 Å². The van der Waals surface area contributed by atoms with Gasteiger partial charge < -0.3 is 14.7 Å². The van der Waals surface area contributed by atoms with E-state index in [1.807, 2.05) is 30.3 Å². The van der Waals surface area contributed by atoms with Crippen molar-refractivity contribution < 1.29 is 19.1 Å². The Morgan fingerprint density at radius 2 is 1.88 bits per heavy atom. The van der Waals surface area contributed by atoms with E-state index in [0.717, 1.165) is 20.9 Å². The number of hydrogen-bond acceptors (Lipinski definition) is 5. The predicted octanol–water partition coefficient (Wildman–Crippen LogP) is 4.44. The highest BCUT2D eigenvalue weighted by Gasteiger charge is 2.35. The Balaban J connectivity index is 1.86. The Kier molecular flexibility index (Phi) is 5.73. The van der Waals surface area contributed by atoms with E-state index in [2.05, 4.69) is 5.16 Å². The van der Waals surface area contributed by atoms with E-state index in [1.54, 1.807) is 13.2 Å². The molecule has 1 aliphatic rings. The molecule has 2 aromatic carbocycles. The zero-order valence-corrected chi connectivity index (χ0v) is 14.8. The van der Waals surface area contributed by atoms with Crippen molar-refractivity contribution in [3.05, 3.63) is 59.4 Å². The lowest BCUT2D eigenvalue weighted by Gasteiger charge is -2.36. The van der Waals surface area contributed by atoms with Gasteiger partial charge in [-0.05, 0) is 41.5 Å². The van der Waals surface area contributed by atoms with E-state index in [-0.39, 0.29) is 5.82 Å². The Hall–Kier alpha value is -1.89. The minimum absolute atomic E-state index is 0.271. The van der Waals surface area contributed by atoms with Crippen LogP contribution in [0.15, 0.2) is 57.4 Å². The lowest BCUT2D eigenvalue weighted by atomic mass is 9.86. The molecule has 3 rings (SSSR count). The van der Waals surface area contributed by atoms with Crippen LogP contribution >= 0.6 is 11.8 Å². The fraction of sp³-hybridized carbons (Fsp3) is 0.316. The normalized spacial score (nSPS) is 17.0. The average molecular weight is 361 g/mol. The number of hydrogen-bond donors (Lipinski definition) is 1. The zero-order valence-electron chi connectivity index (χ0n) is 13.9. The van der Waals surface area contributed by atoms with Gasteiger partial charge in [-0.25, -0.2) is 4.39 Å². The summed E-state index contributed by atoms with van der Waals surface area (Å²) in [7, 11) is 1.67. The maximum Gasteiger partial charge on any atom is 0.124 e. The summed E-state index contributed by atoms with van der Waals surface area (Å²) in [6.45, 7) is 1.22. The summed E-state index contributed by atoms with van der Waals surface area (Å²) in [5.74, 6) is -0.271. The van der Waals surface area contributed by atoms with Crippen LogP contribution in [-0.2, 0) is 15.1 Å². The van der Waals surface area contributed by atoms with E-state index in [1.165, 1.54) is 24.0 Å². The van der Waals surface area contributed by atoms with Crippen molar-refractivity contribution in [2.45, 2.75) is 28.2 Å². The molecular weight excluding hydrogens is 341 g/mol. The Labute approximate surface area is 150 Å². The van der Waals surface area contributed by atoms with Crippen LogP contribution in [0.2, 0.25) is 0 Å². The highest BCUT2D eigenvalue weighted by molar-refractivity contribution is 7.99. The van der Waals surface area contributed by atoms with Crippen molar-refractivity contribution in [3.8, 4) is 0 Å². The Morgan fingerprint density at radius 3 is 2.52 bits per heavy atom. The van der Waals surface area contributed by atoms with Crippen LogP contribution in [0, 0.1) is 5.82 Å². The fourth-order valence-corrected chi connectivity index (χ4v) is 3.92. The number of rotatable bonds is 5. The molecule has 0 atom stereocenters. The Bertz CT molecular complexity index is 743. The van der Waals surface area contributed by atoms with Crippen LogP contribution < -0.4 is 0 Å². The molecule has 6 heteroatoms. The first-order valence-electron chi connectivity index (χ1n) is 8.04. The summed E-state index contributed by atoms with van der Waals surface area (Å²) in [5, 5.41) is 11.6. The first-order valence-corrected chi connectivity index (χ1v) is 8.86. The monoisotopic (exact) mass is 361 g/mol. The number of ether oxygens (including phenoxy) is 2. The van der Waals surface area contributed by atoms with Crippen molar-refractivity contribution in [3.63, 3.8) is 0 Å². The maximum absolute atomic E-state index is 14.2. The molecule has 0 amide bonds. The highest BCUT2D eigenvalue weighted by Crippen LogP contribution is 2.38. The summed E-state index contributed by atoms with van der Waals surface area (Å²) >= 11 is 1.48. The van der Waals surface area contributed by atoms with Crippen LogP contribution in [0.5, 0.6) is 0 Å². The molecule has 1 fully saturated rings. The second-order valence-corrected chi connectivity index (χ2v) is 7.05. The van der Waals surface area contributed by atoms with Crippen LogP contribution in [0.25, 0.3) is 0 Å². The average Bonchev–Trinajstić information content (AvgIpc) is 2.64. The van der Waals surface area contributed by atoms with Gasteiger partial charge in [0.2, 0.25) is 0 Å². The third kappa shape index (κ3) is 4.21. The quantitative estimate of drug-likeness (QED) is 0.486. The standard InChI is InChI=1S/C19H20FNO3S/c1-23-19(6-8-24-9-7-19)15-10-16(20)12-18(11-15)25-17-4-2-14(3-5-17)13-21-22/h2-5,10-13,22H,6-9H2,1H3. The molecule has 0 aromatic heterocycles. The minimum atomic E-state index is -0.489. The summed E-state index contributed by atoms with van der Waals surface area (Å²) < 4.78 is 25.4. The van der Waals surface area contributed by atoms with Gasteiger partial charge in [-0.2, -0.15) is 0 Å². The van der Waals surface area contributed by atoms with Crippen molar-refractivity contribution in [1.82, 2.24) is 0 Å². The van der Waals surface area contributed by atoms with Gasteiger partial charge in [0.05, 0.1) is 11.8 Å². The van der Waals surface area contributed by atoms with Crippen LogP contribution in [0.3, 0.4) is 0 Å². The van der Waals surface area contributed by atoms with Gasteiger partial charge in [-0.15, -0.1) is 0 Å². The summed E-state index contributed by atoms with van der Waals surface area (Å²) in [6, 6.07) is 12.6. The largest absolute Gasteiger partial charge is 0.411 e. The van der Waals surface area contributed by atoms with Gasteiger partial charge >= 0.3 is 0 Å². The molecule has 1 aliphatic heterocycles. The Morgan fingerprint density at radius 1 is 1.16 bits per heavy atom. The molecule has 4 nitrogen and oxygen atoms in total. The van der Waals surface area contributed by atoms with Crippen molar-refractivity contribution in [2.75, 3.05) is 20.3 Å². The molecule has 132 valence electrons. The number of oxime groups is 1. The summed E-state index contributed by atoms with van der Waals surface area (Å²) in [6.07, 6.45) is 2.79. The van der Waals surface area contributed by atoms with Crippen LogP contribution in [0.1, 0.15) is 24.0 Å². The number of halogens is 1. The molecule has 0 bridgehead atoms. The van der Waals surface area contributed by atoms with Gasteiger partial charge in [0.1, 0.15) is 5.82 Å². The molecule has 0 spiro atoms. The van der Waals surface area contributed by atoms with E-state index in [9.17, 15) is 4.39 Å². The first-order chi connectivity index (χ1) is 12.1. The maximum atomic E-state index is 14.2. The molecule has 25 heavy (non-hydrogen) atoms. The number of nitrogens with zero attached hydrogens (tertiary/aromatic N) is 1. The molecule has 2 aromatic rings. The van der Waals surface area contributed by atoms with Gasteiger partial charge in [-0.3, -0.25) is 0 Å². The van der Waals surface area contributed by atoms with Crippen molar-refractivity contribution in [1.29, 1.82) is 0 Å². The van der Waals surface area contributed by atoms with Gasteiger partial charge in [0, 0.05) is 43.0 Å². The molecule has 1 saturated heterocycles. The first kappa shape index (κ1) is 17.9. The second-order valence-electron chi connectivity index (χ2n) is 5.90. The lowest BCUT2D eigenvalue weighted by Crippen LogP contribution is -2.35. The van der Waals surface area contributed by atoms with E-state index in [4.69, 9.17) is 14.7 Å². The van der Waals surface area contributed by atoms with Crippen LogP contribution in [-0.4, -0.2) is 31.7 Å². The van der Waals surface area contributed by atoms with Gasteiger partial charge in [-0.1, -0.05) is 29.1 Å². The third-order valence-electron chi connectivity index (χ3n) is 4.41. The molecule has 1 heterocycles. The van der Waals surface area contributed by atoms with Gasteiger partial charge in [0.25, 0.3) is 0 Å². The smallest absolute Gasteiger partial charge is 0.124 e. The summed E-state index contributed by atoms with van der Waals surface area (Å²) in [5.41, 5.74) is 1.16. The van der Waals surface area contributed by atoms with Gasteiger partial charge in [0.15, 0.2) is 0 Å². The molecular formula is C19H20FNO3S. The third-order valence-corrected chi connectivity index (χ3v) is 5.39. The molecule has 1 N–H and O–H groups in total. The number of methoxy groups -OCH3 is 1. The zero-order chi connectivity index (χ0) is 17.7. The SMILES string of the molecule is COC1(c2cc(F)cc(Sc3ccc(C=NO)cc3)c2)CCOCC1. The predicted molar refractivity (Wildman–Crippen MR) is 95.1 cm³/mol. The fourth-order valence-electron chi connectivity index (χ4n) is 3.02. The molecule has 0 radical (unpaired) electrons. The minimum Gasteiger partial charge on any atom is -0.411 e. The second kappa shape index (κ2) is 7.99. The molecule has 0 aliphatic carbocycles. The lowest BCUT2D eigenvalue weighted by molar-refractivity contribution is -0.0950. The highest BCUT2D eigenvalue weighted by atomic mass is 32.2. The topological polar surface area (TPSA) is 51.0 Å².